The molecular formula is C25H35FN4O4. The average Bonchev–Trinajstić information content (AvgIpc) is 3.23. The maximum absolute atomic E-state index is 13.6. The SMILES string of the molecule is CCC(C)(C)C(=O)N1CC[C@H]2CC[C@@H](C(=O)N[C@@H]3CCOc4cc(F)ccc43)N2C(=O)[C@@H](N)C1. The van der Waals surface area contributed by atoms with Crippen molar-refractivity contribution in [2.75, 3.05) is 19.7 Å². The van der Waals surface area contributed by atoms with Crippen molar-refractivity contribution in [3.63, 3.8) is 0 Å². The molecule has 2 fully saturated rings. The summed E-state index contributed by atoms with van der Waals surface area (Å²) in [6, 6.07) is 2.39. The highest BCUT2D eigenvalue weighted by Gasteiger charge is 2.45. The number of nitrogens with one attached hydrogen (secondary N) is 1. The van der Waals surface area contributed by atoms with Gasteiger partial charge in [-0.25, -0.2) is 4.39 Å². The summed E-state index contributed by atoms with van der Waals surface area (Å²) in [6.07, 6.45) is 3.12. The van der Waals surface area contributed by atoms with Gasteiger partial charge in [-0.05, 0) is 31.7 Å². The van der Waals surface area contributed by atoms with E-state index in [9.17, 15) is 18.8 Å². The van der Waals surface area contributed by atoms with E-state index >= 15 is 0 Å². The maximum atomic E-state index is 13.6. The van der Waals surface area contributed by atoms with Gasteiger partial charge in [-0.1, -0.05) is 26.8 Å². The molecule has 3 heterocycles. The van der Waals surface area contributed by atoms with Crippen molar-refractivity contribution < 1.29 is 23.5 Å². The van der Waals surface area contributed by atoms with Crippen molar-refractivity contribution in [1.29, 1.82) is 0 Å². The van der Waals surface area contributed by atoms with Gasteiger partial charge in [0.25, 0.3) is 0 Å². The fraction of sp³-hybridized carbons (Fsp3) is 0.640. The second-order valence-electron chi connectivity index (χ2n) is 10.3. The highest BCUT2D eigenvalue weighted by molar-refractivity contribution is 5.91. The number of hydrogen-bond acceptors (Lipinski definition) is 5. The first-order valence-corrected chi connectivity index (χ1v) is 12.2. The van der Waals surface area contributed by atoms with Crippen LogP contribution in [-0.2, 0) is 14.4 Å². The van der Waals surface area contributed by atoms with Gasteiger partial charge in [0, 0.05) is 42.6 Å². The summed E-state index contributed by atoms with van der Waals surface area (Å²) in [7, 11) is 0. The molecule has 0 radical (unpaired) electrons. The van der Waals surface area contributed by atoms with Crippen LogP contribution in [0.15, 0.2) is 18.2 Å². The van der Waals surface area contributed by atoms with Crippen LogP contribution in [0.4, 0.5) is 4.39 Å². The predicted octanol–water partition coefficient (Wildman–Crippen LogP) is 2.12. The van der Waals surface area contributed by atoms with E-state index in [0.717, 1.165) is 5.56 Å². The summed E-state index contributed by atoms with van der Waals surface area (Å²) in [5, 5.41) is 3.05. The number of benzene rings is 1. The van der Waals surface area contributed by atoms with Gasteiger partial charge in [0.05, 0.1) is 12.6 Å². The van der Waals surface area contributed by atoms with Gasteiger partial charge in [-0.2, -0.15) is 0 Å². The van der Waals surface area contributed by atoms with E-state index in [1.54, 1.807) is 15.9 Å². The number of carbonyl (C=O) groups is 3. The van der Waals surface area contributed by atoms with Crippen LogP contribution in [-0.4, -0.2) is 65.3 Å². The van der Waals surface area contributed by atoms with Gasteiger partial charge in [0.15, 0.2) is 0 Å². The van der Waals surface area contributed by atoms with Crippen molar-refractivity contribution >= 4 is 17.7 Å². The number of carbonyl (C=O) groups excluding carboxylic acids is 3. The van der Waals surface area contributed by atoms with Gasteiger partial charge in [-0.3, -0.25) is 14.4 Å². The van der Waals surface area contributed by atoms with Crippen LogP contribution in [0.5, 0.6) is 5.75 Å². The summed E-state index contributed by atoms with van der Waals surface area (Å²) in [6.45, 7) is 6.83. The predicted molar refractivity (Wildman–Crippen MR) is 124 cm³/mol. The lowest BCUT2D eigenvalue weighted by molar-refractivity contribution is -0.147. The first kappa shape index (κ1) is 24.4. The van der Waals surface area contributed by atoms with Crippen LogP contribution < -0.4 is 15.8 Å². The molecule has 3 aliphatic heterocycles. The summed E-state index contributed by atoms with van der Waals surface area (Å²) in [5.74, 6) is -0.465. The van der Waals surface area contributed by atoms with Crippen LogP contribution in [0.2, 0.25) is 0 Å². The molecule has 0 spiro atoms. The van der Waals surface area contributed by atoms with Crippen molar-refractivity contribution in [3.05, 3.63) is 29.6 Å². The van der Waals surface area contributed by atoms with E-state index < -0.39 is 17.5 Å². The Morgan fingerprint density at radius 3 is 2.74 bits per heavy atom. The molecule has 4 rings (SSSR count). The summed E-state index contributed by atoms with van der Waals surface area (Å²) < 4.78 is 19.1. The molecule has 0 bridgehead atoms. The molecule has 34 heavy (non-hydrogen) atoms. The molecule has 2 saturated heterocycles. The molecule has 3 aliphatic rings. The molecule has 3 N–H and O–H groups in total. The Morgan fingerprint density at radius 1 is 1.24 bits per heavy atom. The zero-order valence-electron chi connectivity index (χ0n) is 20.2. The molecular weight excluding hydrogens is 439 g/mol. The largest absolute Gasteiger partial charge is 0.493 e. The minimum Gasteiger partial charge on any atom is -0.493 e. The average molecular weight is 475 g/mol. The lowest BCUT2D eigenvalue weighted by Crippen LogP contribution is -2.60. The van der Waals surface area contributed by atoms with Crippen LogP contribution in [0.1, 0.15) is 64.5 Å². The number of fused-ring (bicyclic) bond motifs is 2. The lowest BCUT2D eigenvalue weighted by atomic mass is 9.88. The smallest absolute Gasteiger partial charge is 0.243 e. The van der Waals surface area contributed by atoms with Gasteiger partial charge in [0.1, 0.15) is 23.7 Å². The highest BCUT2D eigenvalue weighted by Crippen LogP contribution is 2.34. The standard InChI is InChI=1S/C25H35FN4O4/c1-4-25(2,3)24(33)29-11-9-16-6-8-20(30(16)23(32)18(27)14-29)22(31)28-19-10-12-34-21-13-15(26)5-7-17(19)21/h5,7,13,16,18-20H,4,6,8-12,14,27H2,1-3H3,(H,28,31)/t16-,18+,19-,20+/m1/s1. The van der Waals surface area contributed by atoms with E-state index in [1.165, 1.54) is 12.1 Å². The molecule has 9 heteroatoms. The first-order valence-electron chi connectivity index (χ1n) is 12.2. The Hall–Kier alpha value is -2.68. The van der Waals surface area contributed by atoms with E-state index in [2.05, 4.69) is 5.32 Å². The van der Waals surface area contributed by atoms with Crippen LogP contribution in [0, 0.1) is 11.2 Å². The van der Waals surface area contributed by atoms with E-state index in [-0.39, 0.29) is 42.2 Å². The maximum Gasteiger partial charge on any atom is 0.243 e. The fourth-order valence-electron chi connectivity index (χ4n) is 5.21. The molecule has 0 saturated carbocycles. The van der Waals surface area contributed by atoms with Gasteiger partial charge >= 0.3 is 0 Å². The second kappa shape index (κ2) is 9.52. The number of ether oxygens (including phenoxy) is 1. The van der Waals surface area contributed by atoms with Crippen molar-refractivity contribution in [2.24, 2.45) is 11.1 Å². The fourth-order valence-corrected chi connectivity index (χ4v) is 5.21. The monoisotopic (exact) mass is 474 g/mol. The third kappa shape index (κ3) is 4.62. The Kier molecular flexibility index (Phi) is 6.85. The second-order valence-corrected chi connectivity index (χ2v) is 10.3. The van der Waals surface area contributed by atoms with Gasteiger partial charge < -0.3 is 25.6 Å². The number of nitrogens with zero attached hydrogens (tertiary/aromatic N) is 2. The molecule has 1 aromatic rings. The molecule has 4 atom stereocenters. The number of amides is 3. The molecule has 0 aliphatic carbocycles. The minimum atomic E-state index is -0.875. The Bertz CT molecular complexity index is 968. The molecule has 0 unspecified atom stereocenters. The van der Waals surface area contributed by atoms with Crippen LogP contribution >= 0.6 is 0 Å². The Balaban J connectivity index is 1.47. The zero-order valence-corrected chi connectivity index (χ0v) is 20.2. The molecule has 0 aromatic heterocycles. The quantitative estimate of drug-likeness (QED) is 0.696. The number of rotatable bonds is 4. The topological polar surface area (TPSA) is 105 Å². The molecule has 3 amide bonds. The molecule has 186 valence electrons. The first-order chi connectivity index (χ1) is 16.1. The van der Waals surface area contributed by atoms with Gasteiger partial charge in [0.2, 0.25) is 17.7 Å². The highest BCUT2D eigenvalue weighted by atomic mass is 19.1. The van der Waals surface area contributed by atoms with E-state index in [1.807, 2.05) is 20.8 Å². The summed E-state index contributed by atoms with van der Waals surface area (Å²) in [4.78, 5) is 43.0. The molecule has 1 aromatic carbocycles. The summed E-state index contributed by atoms with van der Waals surface area (Å²) >= 11 is 0. The normalized spacial score (nSPS) is 27.3. The van der Waals surface area contributed by atoms with Crippen molar-refractivity contribution in [2.45, 2.75) is 77.0 Å². The van der Waals surface area contributed by atoms with E-state index in [0.29, 0.717) is 51.0 Å². The van der Waals surface area contributed by atoms with E-state index in [4.69, 9.17) is 10.5 Å². The third-order valence-corrected chi connectivity index (χ3v) is 7.61. The summed E-state index contributed by atoms with van der Waals surface area (Å²) in [5.41, 5.74) is 6.50. The Labute approximate surface area is 200 Å². The lowest BCUT2D eigenvalue weighted by Gasteiger charge is -2.39. The zero-order chi connectivity index (χ0) is 24.6. The number of halogens is 1. The van der Waals surface area contributed by atoms with Crippen LogP contribution in [0.3, 0.4) is 0 Å². The minimum absolute atomic E-state index is 0.00797. The van der Waals surface area contributed by atoms with Crippen LogP contribution in [0.25, 0.3) is 0 Å². The van der Waals surface area contributed by atoms with Crippen molar-refractivity contribution in [1.82, 2.24) is 15.1 Å². The number of hydrogen-bond donors (Lipinski definition) is 2. The Morgan fingerprint density at radius 2 is 2.00 bits per heavy atom. The van der Waals surface area contributed by atoms with Crippen molar-refractivity contribution in [3.8, 4) is 5.75 Å². The number of nitrogens with two attached hydrogens (primary N) is 1. The molecule has 8 nitrogen and oxygen atoms in total. The van der Waals surface area contributed by atoms with Gasteiger partial charge in [-0.15, -0.1) is 0 Å². The third-order valence-electron chi connectivity index (χ3n) is 7.61.